The number of nitrogens with one attached hydrogen (secondary N) is 2. The number of aliphatic hydroxyl groups is 1. The molecule has 2 aliphatic heterocycles. The Kier molecular flexibility index (Phi) is 13.1. The Morgan fingerprint density at radius 3 is 2.45 bits per heavy atom. The minimum atomic E-state index is -4.64. The number of benzene rings is 1. The lowest BCUT2D eigenvalue weighted by Gasteiger charge is -2.39. The van der Waals surface area contributed by atoms with Gasteiger partial charge in [0.05, 0.1) is 25.5 Å². The molecule has 0 aliphatic carbocycles. The van der Waals surface area contributed by atoms with Crippen LogP contribution >= 0.6 is 11.8 Å². The molecule has 3 N–H and O–H groups in total. The second-order valence-corrected chi connectivity index (χ2v) is 12.3. The summed E-state index contributed by atoms with van der Waals surface area (Å²) in [4.78, 5) is 16.4. The second kappa shape index (κ2) is 16.2. The van der Waals surface area contributed by atoms with Gasteiger partial charge in [0, 0.05) is 47.2 Å². The summed E-state index contributed by atoms with van der Waals surface area (Å²) in [5, 5.41) is 16.9. The SMILES string of the molecule is CC.CNN(C)C(c1ccc(SCCCCn2nc(C3=CC=C(OC)N4NC(C(F)(F)F)N=C34)ccc2=O)c(F)c1F)C(C)(C)CO. The molecular formula is C31H42F5N7O3S. The number of ether oxygens (including phenoxy) is 1. The van der Waals surface area contributed by atoms with E-state index in [1.807, 2.05) is 13.8 Å². The lowest BCUT2D eigenvalue weighted by Crippen LogP contribution is -2.46. The van der Waals surface area contributed by atoms with E-state index in [0.717, 1.165) is 16.8 Å². The summed E-state index contributed by atoms with van der Waals surface area (Å²) in [5.74, 6) is -1.45. The molecule has 3 heterocycles. The number of rotatable bonds is 13. The van der Waals surface area contributed by atoms with Crippen LogP contribution in [0.4, 0.5) is 22.0 Å². The van der Waals surface area contributed by atoms with Crippen molar-refractivity contribution in [1.82, 2.24) is 30.6 Å². The van der Waals surface area contributed by atoms with Gasteiger partial charge in [0.2, 0.25) is 12.0 Å². The zero-order valence-electron chi connectivity index (χ0n) is 27.5. The number of methoxy groups -OCH3 is 1. The number of hydrogen-bond acceptors (Lipinski definition) is 10. The number of allylic oxidation sites excluding steroid dienone is 2. The van der Waals surface area contributed by atoms with Crippen LogP contribution in [0, 0.1) is 17.0 Å². The van der Waals surface area contributed by atoms with Crippen molar-refractivity contribution in [3.63, 3.8) is 0 Å². The number of hydrogen-bond donors (Lipinski definition) is 3. The summed E-state index contributed by atoms with van der Waals surface area (Å²) in [6, 6.07) is 5.09. The number of nitrogens with zero attached hydrogens (tertiary/aromatic N) is 5. The molecule has 0 bridgehead atoms. The summed E-state index contributed by atoms with van der Waals surface area (Å²) in [5.41, 5.74) is 4.63. The molecule has 260 valence electrons. The molecule has 0 amide bonds. The summed E-state index contributed by atoms with van der Waals surface area (Å²) < 4.78 is 76.9. The Bertz CT molecular complexity index is 1540. The zero-order chi connectivity index (χ0) is 35.1. The number of thioether (sulfide) groups is 1. The number of aliphatic imine (C=N–C) groups is 1. The number of aliphatic hydroxyl groups excluding tert-OH is 1. The molecular weight excluding hydrogens is 645 g/mol. The molecule has 0 radical (unpaired) electrons. The van der Waals surface area contributed by atoms with E-state index in [2.05, 4.69) is 20.9 Å². The maximum absolute atomic E-state index is 15.3. The molecule has 2 unspecified atom stereocenters. The second-order valence-electron chi connectivity index (χ2n) is 11.2. The van der Waals surface area contributed by atoms with Gasteiger partial charge in [-0.3, -0.25) is 10.2 Å². The predicted molar refractivity (Wildman–Crippen MR) is 172 cm³/mol. The molecule has 47 heavy (non-hydrogen) atoms. The first-order valence-electron chi connectivity index (χ1n) is 15.1. The molecule has 4 rings (SSSR count). The fraction of sp³-hybridized carbons (Fsp3) is 0.516. The number of fused-ring (bicyclic) bond motifs is 1. The maximum atomic E-state index is 15.3. The smallest absolute Gasteiger partial charge is 0.425 e. The molecule has 10 nitrogen and oxygen atoms in total. The number of alkyl halides is 3. The van der Waals surface area contributed by atoms with E-state index < -0.39 is 41.0 Å². The van der Waals surface area contributed by atoms with E-state index in [-0.39, 0.29) is 46.6 Å². The van der Waals surface area contributed by atoms with Gasteiger partial charge in [-0.2, -0.15) is 23.7 Å². The van der Waals surface area contributed by atoms with Crippen LogP contribution in [0.15, 0.2) is 57.0 Å². The molecule has 2 aliphatic rings. The third kappa shape index (κ3) is 8.59. The lowest BCUT2D eigenvalue weighted by atomic mass is 9.80. The van der Waals surface area contributed by atoms with Crippen molar-refractivity contribution in [2.75, 3.05) is 33.6 Å². The highest BCUT2D eigenvalue weighted by atomic mass is 32.2. The van der Waals surface area contributed by atoms with Gasteiger partial charge >= 0.3 is 6.18 Å². The van der Waals surface area contributed by atoms with E-state index >= 15 is 8.78 Å². The van der Waals surface area contributed by atoms with Crippen LogP contribution in [0.3, 0.4) is 0 Å². The van der Waals surface area contributed by atoms with Gasteiger partial charge < -0.3 is 9.84 Å². The Hall–Kier alpha value is -3.31. The minimum absolute atomic E-state index is 0.0464. The average molecular weight is 688 g/mol. The van der Waals surface area contributed by atoms with Crippen molar-refractivity contribution in [1.29, 1.82) is 0 Å². The number of hydrazine groups is 2. The summed E-state index contributed by atoms with van der Waals surface area (Å²) in [6.45, 7) is 7.48. The quantitative estimate of drug-likeness (QED) is 0.113. The predicted octanol–water partition coefficient (Wildman–Crippen LogP) is 5.24. The Balaban J connectivity index is 0.00000294. The number of amidine groups is 1. The van der Waals surface area contributed by atoms with Crippen LogP contribution in [0.5, 0.6) is 0 Å². The molecule has 1 aromatic carbocycles. The number of aryl methyl sites for hydroxylation is 1. The average Bonchev–Trinajstić information content (AvgIpc) is 3.52. The fourth-order valence-corrected chi connectivity index (χ4v) is 6.05. The third-order valence-corrected chi connectivity index (χ3v) is 8.63. The van der Waals surface area contributed by atoms with Gasteiger partial charge in [-0.15, -0.1) is 11.8 Å². The van der Waals surface area contributed by atoms with Crippen LogP contribution in [0.25, 0.3) is 5.57 Å². The molecule has 2 aromatic rings. The van der Waals surface area contributed by atoms with Crippen molar-refractivity contribution in [3.05, 3.63) is 75.5 Å². The van der Waals surface area contributed by atoms with Crippen LogP contribution in [0.1, 0.15) is 57.8 Å². The van der Waals surface area contributed by atoms with Crippen molar-refractivity contribution in [2.45, 2.75) is 70.4 Å². The van der Waals surface area contributed by atoms with Crippen LogP contribution in [-0.2, 0) is 11.3 Å². The van der Waals surface area contributed by atoms with Gasteiger partial charge in [-0.1, -0.05) is 33.8 Å². The monoisotopic (exact) mass is 687 g/mol. The van der Waals surface area contributed by atoms with E-state index in [1.165, 1.54) is 48.2 Å². The Morgan fingerprint density at radius 2 is 1.83 bits per heavy atom. The fourth-order valence-electron chi connectivity index (χ4n) is 5.10. The minimum Gasteiger partial charge on any atom is -0.481 e. The van der Waals surface area contributed by atoms with Crippen molar-refractivity contribution in [3.8, 4) is 0 Å². The molecule has 0 fully saturated rings. The van der Waals surface area contributed by atoms with Gasteiger partial charge in [0.25, 0.3) is 5.56 Å². The maximum Gasteiger partial charge on any atom is 0.425 e. The highest BCUT2D eigenvalue weighted by Crippen LogP contribution is 2.40. The van der Waals surface area contributed by atoms with E-state index in [9.17, 15) is 23.1 Å². The van der Waals surface area contributed by atoms with E-state index in [4.69, 9.17) is 4.74 Å². The summed E-state index contributed by atoms with van der Waals surface area (Å²) >= 11 is 1.14. The van der Waals surface area contributed by atoms with Gasteiger partial charge in [0.15, 0.2) is 17.5 Å². The van der Waals surface area contributed by atoms with Crippen molar-refractivity contribution < 1.29 is 31.8 Å². The first-order chi connectivity index (χ1) is 22.2. The summed E-state index contributed by atoms with van der Waals surface area (Å²) in [6.07, 6.45) is -2.82. The Morgan fingerprint density at radius 1 is 1.13 bits per heavy atom. The topological polar surface area (TPSA) is 107 Å². The number of unbranched alkanes of at least 4 members (excludes halogenated alkanes) is 1. The Labute approximate surface area is 275 Å². The van der Waals surface area contributed by atoms with Gasteiger partial charge in [-0.05, 0) is 43.9 Å². The highest BCUT2D eigenvalue weighted by Gasteiger charge is 2.47. The first kappa shape index (κ1) is 38.1. The van der Waals surface area contributed by atoms with Crippen LogP contribution in [0.2, 0.25) is 0 Å². The summed E-state index contributed by atoms with van der Waals surface area (Å²) in [7, 11) is 4.67. The van der Waals surface area contributed by atoms with Crippen LogP contribution in [-0.4, -0.2) is 76.6 Å². The van der Waals surface area contributed by atoms with Crippen LogP contribution < -0.4 is 16.4 Å². The van der Waals surface area contributed by atoms with E-state index in [0.29, 0.717) is 18.6 Å². The molecule has 0 saturated heterocycles. The van der Waals surface area contributed by atoms with Crippen molar-refractivity contribution in [2.24, 2.45) is 10.4 Å². The molecule has 1 aromatic heterocycles. The van der Waals surface area contributed by atoms with Gasteiger partial charge in [-0.25, -0.2) is 28.5 Å². The molecule has 16 heteroatoms. The number of halogens is 5. The normalized spacial score (nSPS) is 17.0. The molecule has 2 atom stereocenters. The van der Waals surface area contributed by atoms with Crippen molar-refractivity contribution >= 4 is 23.2 Å². The largest absolute Gasteiger partial charge is 0.481 e. The van der Waals surface area contributed by atoms with E-state index in [1.54, 1.807) is 33.0 Å². The van der Waals surface area contributed by atoms with Gasteiger partial charge in [0.1, 0.15) is 0 Å². The standard InChI is InChI=1S/C29H36F5N7O3S.C2H6/c1-28(2,16-42)25(39(4)35-3)18-8-11-20(24(31)23(18)30)45-15-7-6-14-40-21(43)12-10-19(37-40)17-9-13-22(44-5)41-26(17)36-27(38-41)29(32,33)34;1-2/h8-13,25,27,35,38,42H,6-7,14-16H2,1-5H3;1-2H3. The highest BCUT2D eigenvalue weighted by molar-refractivity contribution is 7.99. The third-order valence-electron chi connectivity index (χ3n) is 7.51. The zero-order valence-corrected chi connectivity index (χ0v) is 28.3. The first-order valence-corrected chi connectivity index (χ1v) is 16.1. The lowest BCUT2D eigenvalue weighted by molar-refractivity contribution is -0.157. The molecule has 0 spiro atoms. The molecule has 0 saturated carbocycles. The number of aromatic nitrogens is 2.